The highest BCUT2D eigenvalue weighted by Crippen LogP contribution is 2.36. The zero-order valence-electron chi connectivity index (χ0n) is 19.4. The smallest absolute Gasteiger partial charge is 0.161 e. The topological polar surface area (TPSA) is 55.6 Å². The third-order valence-corrected chi connectivity index (χ3v) is 7.17. The van der Waals surface area contributed by atoms with E-state index in [1.807, 2.05) is 18.5 Å². The van der Waals surface area contributed by atoms with Crippen molar-refractivity contribution in [3.8, 4) is 22.5 Å². The fraction of sp³-hybridized carbons (Fsp3) is 0.167. The van der Waals surface area contributed by atoms with Crippen LogP contribution in [0.15, 0.2) is 91.3 Å². The Labute approximate surface area is 203 Å². The molecule has 35 heavy (non-hydrogen) atoms. The Kier molecular flexibility index (Phi) is 4.81. The molecule has 0 unspecified atom stereocenters. The van der Waals surface area contributed by atoms with Gasteiger partial charge in [0.1, 0.15) is 11.3 Å². The van der Waals surface area contributed by atoms with Crippen molar-refractivity contribution in [3.05, 3.63) is 91.3 Å². The van der Waals surface area contributed by atoms with Crippen molar-refractivity contribution in [2.24, 2.45) is 0 Å². The Morgan fingerprint density at radius 2 is 1.51 bits per heavy atom. The standard InChI is InChI=1S/C30H25N5/c1-2-5-21-18-22(8-7-20(21)4-1)26-13-17-33-30-28(26)34-29(35(30)25-11-15-31-16-12-25)24-9-10-27-23(19-24)6-3-14-32-27/h1-10,13-14,17-19,25,31H,11-12,15-16H2. The molecule has 3 aromatic heterocycles. The molecule has 1 saturated heterocycles. The van der Waals surface area contributed by atoms with Gasteiger partial charge in [-0.1, -0.05) is 42.5 Å². The number of imidazole rings is 1. The zero-order chi connectivity index (χ0) is 23.2. The van der Waals surface area contributed by atoms with E-state index in [9.17, 15) is 0 Å². The molecule has 0 amide bonds. The molecule has 1 aliphatic rings. The molecule has 0 saturated carbocycles. The molecular formula is C30H25N5. The van der Waals surface area contributed by atoms with Gasteiger partial charge in [-0.15, -0.1) is 0 Å². The lowest BCUT2D eigenvalue weighted by molar-refractivity contribution is 0.376. The second kappa shape index (κ2) is 8.29. The number of fused-ring (bicyclic) bond motifs is 3. The SMILES string of the molecule is c1ccc2cc(-c3ccnc4c3nc(-c3ccc5ncccc5c3)n4C3CCNCC3)ccc2c1. The van der Waals surface area contributed by atoms with Crippen LogP contribution in [0.3, 0.4) is 0 Å². The van der Waals surface area contributed by atoms with Gasteiger partial charge in [-0.05, 0) is 78.7 Å². The van der Waals surface area contributed by atoms with E-state index in [2.05, 4.69) is 87.7 Å². The lowest BCUT2D eigenvalue weighted by Gasteiger charge is -2.26. The molecular weight excluding hydrogens is 430 g/mol. The van der Waals surface area contributed by atoms with E-state index in [-0.39, 0.29) is 0 Å². The van der Waals surface area contributed by atoms with E-state index in [1.54, 1.807) is 0 Å². The van der Waals surface area contributed by atoms with Gasteiger partial charge >= 0.3 is 0 Å². The summed E-state index contributed by atoms with van der Waals surface area (Å²) in [4.78, 5) is 14.7. The van der Waals surface area contributed by atoms with E-state index >= 15 is 0 Å². The molecule has 0 atom stereocenters. The highest BCUT2D eigenvalue weighted by atomic mass is 15.2. The highest BCUT2D eigenvalue weighted by Gasteiger charge is 2.24. The second-order valence-corrected chi connectivity index (χ2v) is 9.29. The van der Waals surface area contributed by atoms with Crippen molar-refractivity contribution in [2.45, 2.75) is 18.9 Å². The van der Waals surface area contributed by atoms with Crippen LogP contribution in [-0.4, -0.2) is 32.6 Å². The molecule has 4 heterocycles. The van der Waals surface area contributed by atoms with Crippen molar-refractivity contribution >= 4 is 32.8 Å². The highest BCUT2D eigenvalue weighted by molar-refractivity contribution is 5.96. The number of nitrogens with zero attached hydrogens (tertiary/aromatic N) is 4. The number of nitrogens with one attached hydrogen (secondary N) is 1. The number of piperidine rings is 1. The summed E-state index contributed by atoms with van der Waals surface area (Å²) in [7, 11) is 0. The maximum Gasteiger partial charge on any atom is 0.161 e. The van der Waals surface area contributed by atoms with Crippen molar-refractivity contribution in [1.82, 2.24) is 24.8 Å². The van der Waals surface area contributed by atoms with E-state index < -0.39 is 0 Å². The Bertz CT molecular complexity index is 1690. The predicted molar refractivity (Wildman–Crippen MR) is 142 cm³/mol. The first-order chi connectivity index (χ1) is 17.3. The second-order valence-electron chi connectivity index (χ2n) is 9.29. The normalized spacial score (nSPS) is 14.7. The van der Waals surface area contributed by atoms with Gasteiger partial charge in [-0.3, -0.25) is 4.98 Å². The monoisotopic (exact) mass is 455 g/mol. The van der Waals surface area contributed by atoms with Crippen LogP contribution in [-0.2, 0) is 0 Å². The Hall–Kier alpha value is -4.09. The van der Waals surface area contributed by atoms with E-state index in [0.29, 0.717) is 6.04 Å². The number of benzene rings is 3. The summed E-state index contributed by atoms with van der Waals surface area (Å²) in [6.45, 7) is 2.02. The largest absolute Gasteiger partial charge is 0.317 e. The predicted octanol–water partition coefficient (Wildman–Crippen LogP) is 6.39. The lowest BCUT2D eigenvalue weighted by atomic mass is 10.0. The molecule has 7 rings (SSSR count). The van der Waals surface area contributed by atoms with Crippen molar-refractivity contribution in [1.29, 1.82) is 0 Å². The first-order valence-corrected chi connectivity index (χ1v) is 12.3. The fourth-order valence-corrected chi connectivity index (χ4v) is 5.41. The molecule has 1 aliphatic heterocycles. The van der Waals surface area contributed by atoms with Crippen LogP contribution in [0, 0.1) is 0 Å². The molecule has 0 radical (unpaired) electrons. The average molecular weight is 456 g/mol. The molecule has 1 N–H and O–H groups in total. The zero-order valence-corrected chi connectivity index (χ0v) is 19.4. The van der Waals surface area contributed by atoms with Crippen LogP contribution in [0.4, 0.5) is 0 Å². The van der Waals surface area contributed by atoms with Gasteiger partial charge < -0.3 is 9.88 Å². The summed E-state index contributed by atoms with van der Waals surface area (Å²) in [5, 5.41) is 7.10. The number of aromatic nitrogens is 4. The van der Waals surface area contributed by atoms with Crippen LogP contribution < -0.4 is 5.32 Å². The first kappa shape index (κ1) is 20.3. The minimum atomic E-state index is 0.361. The van der Waals surface area contributed by atoms with E-state index in [4.69, 9.17) is 9.97 Å². The van der Waals surface area contributed by atoms with E-state index in [0.717, 1.165) is 64.9 Å². The van der Waals surface area contributed by atoms with Gasteiger partial charge in [0, 0.05) is 34.9 Å². The Morgan fingerprint density at radius 3 is 2.43 bits per heavy atom. The summed E-state index contributed by atoms with van der Waals surface area (Å²) in [5.41, 5.74) is 6.31. The average Bonchev–Trinajstić information content (AvgIpc) is 3.33. The number of hydrogen-bond acceptors (Lipinski definition) is 4. The van der Waals surface area contributed by atoms with Gasteiger partial charge in [-0.2, -0.15) is 0 Å². The molecule has 3 aromatic carbocycles. The van der Waals surface area contributed by atoms with Crippen LogP contribution in [0.5, 0.6) is 0 Å². The number of rotatable bonds is 3. The first-order valence-electron chi connectivity index (χ1n) is 12.3. The molecule has 0 spiro atoms. The van der Waals surface area contributed by atoms with Crippen molar-refractivity contribution in [3.63, 3.8) is 0 Å². The quantitative estimate of drug-likeness (QED) is 0.336. The van der Waals surface area contributed by atoms with Gasteiger partial charge in [0.2, 0.25) is 0 Å². The molecule has 0 aliphatic carbocycles. The van der Waals surface area contributed by atoms with Crippen LogP contribution >= 0.6 is 0 Å². The van der Waals surface area contributed by atoms with Gasteiger partial charge in [-0.25, -0.2) is 9.97 Å². The molecule has 0 bridgehead atoms. The number of hydrogen-bond donors (Lipinski definition) is 1. The molecule has 1 fully saturated rings. The summed E-state index contributed by atoms with van der Waals surface area (Å²) in [5.74, 6) is 0.985. The van der Waals surface area contributed by atoms with Gasteiger partial charge in [0.15, 0.2) is 5.65 Å². The summed E-state index contributed by atoms with van der Waals surface area (Å²) < 4.78 is 2.39. The lowest BCUT2D eigenvalue weighted by Crippen LogP contribution is -2.29. The summed E-state index contributed by atoms with van der Waals surface area (Å²) >= 11 is 0. The Morgan fingerprint density at radius 1 is 0.714 bits per heavy atom. The number of pyridine rings is 2. The fourth-order valence-electron chi connectivity index (χ4n) is 5.41. The maximum atomic E-state index is 5.28. The minimum absolute atomic E-state index is 0.361. The molecule has 5 nitrogen and oxygen atoms in total. The summed E-state index contributed by atoms with van der Waals surface area (Å²) in [6.07, 6.45) is 5.90. The van der Waals surface area contributed by atoms with Gasteiger partial charge in [0.25, 0.3) is 0 Å². The molecule has 170 valence electrons. The van der Waals surface area contributed by atoms with Crippen molar-refractivity contribution < 1.29 is 0 Å². The van der Waals surface area contributed by atoms with E-state index in [1.165, 1.54) is 16.3 Å². The van der Waals surface area contributed by atoms with Crippen LogP contribution in [0.25, 0.3) is 55.4 Å². The van der Waals surface area contributed by atoms with Crippen LogP contribution in [0.2, 0.25) is 0 Å². The summed E-state index contributed by atoms with van der Waals surface area (Å²) in [6, 6.07) is 28.1. The molecule has 5 heteroatoms. The van der Waals surface area contributed by atoms with Crippen LogP contribution in [0.1, 0.15) is 18.9 Å². The maximum absolute atomic E-state index is 5.28. The Balaban J connectivity index is 1.47. The van der Waals surface area contributed by atoms with Crippen molar-refractivity contribution in [2.75, 3.05) is 13.1 Å². The molecule has 6 aromatic rings. The third-order valence-electron chi connectivity index (χ3n) is 7.17. The third kappa shape index (κ3) is 3.47. The van der Waals surface area contributed by atoms with Gasteiger partial charge in [0.05, 0.1) is 5.52 Å². The minimum Gasteiger partial charge on any atom is -0.317 e.